The molecule has 2 heterocycles. The van der Waals surface area contributed by atoms with Gasteiger partial charge in [0.1, 0.15) is 12.4 Å². The van der Waals surface area contributed by atoms with Gasteiger partial charge in [-0.3, -0.25) is 9.59 Å². The summed E-state index contributed by atoms with van der Waals surface area (Å²) in [5, 5.41) is 3.09. The number of amides is 2. The van der Waals surface area contributed by atoms with Gasteiger partial charge in [-0.1, -0.05) is 66.7 Å². The highest BCUT2D eigenvalue weighted by Gasteiger charge is 2.23. The van der Waals surface area contributed by atoms with Gasteiger partial charge in [-0.25, -0.2) is 4.98 Å². The second-order valence-corrected chi connectivity index (χ2v) is 9.16. The summed E-state index contributed by atoms with van der Waals surface area (Å²) in [6, 6.07) is 25.8. The van der Waals surface area contributed by atoms with Gasteiger partial charge in [0.05, 0.1) is 23.5 Å². The fourth-order valence-electron chi connectivity index (χ4n) is 4.78. The molecule has 1 fully saturated rings. The molecule has 4 aromatic rings. The monoisotopic (exact) mass is 466 g/mol. The van der Waals surface area contributed by atoms with Crippen LogP contribution in [0.3, 0.4) is 0 Å². The molecule has 2 amide bonds. The molecule has 5 rings (SSSR count). The van der Waals surface area contributed by atoms with E-state index in [4.69, 9.17) is 4.98 Å². The first-order valence-electron chi connectivity index (χ1n) is 12.2. The fraction of sp³-hybridized carbons (Fsp3) is 0.276. The van der Waals surface area contributed by atoms with Crippen LogP contribution in [0.25, 0.3) is 22.2 Å². The number of aromatic nitrogens is 2. The van der Waals surface area contributed by atoms with E-state index in [0.717, 1.165) is 53.7 Å². The van der Waals surface area contributed by atoms with Crippen molar-refractivity contribution >= 4 is 22.8 Å². The third-order valence-corrected chi connectivity index (χ3v) is 6.63. The van der Waals surface area contributed by atoms with Crippen LogP contribution in [0.4, 0.5) is 0 Å². The Labute approximate surface area is 205 Å². The molecule has 1 aliphatic rings. The van der Waals surface area contributed by atoms with Gasteiger partial charge in [0.15, 0.2) is 0 Å². The van der Waals surface area contributed by atoms with Crippen LogP contribution in [-0.2, 0) is 22.6 Å². The molecule has 1 saturated heterocycles. The first kappa shape index (κ1) is 22.8. The van der Waals surface area contributed by atoms with E-state index in [1.165, 1.54) is 0 Å². The van der Waals surface area contributed by atoms with Crippen molar-refractivity contribution in [3.8, 4) is 11.1 Å². The molecular formula is C29H30N4O2. The highest BCUT2D eigenvalue weighted by Crippen LogP contribution is 2.23. The van der Waals surface area contributed by atoms with Crippen LogP contribution in [-0.4, -0.2) is 39.4 Å². The van der Waals surface area contributed by atoms with E-state index in [0.29, 0.717) is 5.82 Å². The summed E-state index contributed by atoms with van der Waals surface area (Å²) in [7, 11) is 0. The smallest absolute Gasteiger partial charge is 0.242 e. The van der Waals surface area contributed by atoms with Crippen LogP contribution < -0.4 is 5.32 Å². The number of hydrogen-bond donors (Lipinski definition) is 1. The Morgan fingerprint density at radius 3 is 2.29 bits per heavy atom. The van der Waals surface area contributed by atoms with E-state index in [-0.39, 0.29) is 30.8 Å². The van der Waals surface area contributed by atoms with E-state index in [1.807, 2.05) is 83.1 Å². The Hall–Kier alpha value is -3.93. The zero-order valence-corrected chi connectivity index (χ0v) is 20.0. The summed E-state index contributed by atoms with van der Waals surface area (Å²) in [5.41, 5.74) is 4.97. The number of likely N-dealkylation sites (tertiary alicyclic amines) is 1. The minimum Gasteiger partial charge on any atom is -0.346 e. The number of imidazole rings is 1. The summed E-state index contributed by atoms with van der Waals surface area (Å²) in [6.45, 7) is 3.79. The minimum absolute atomic E-state index is 0.0746. The maximum atomic E-state index is 12.9. The van der Waals surface area contributed by atoms with Crippen molar-refractivity contribution in [3.63, 3.8) is 0 Å². The van der Waals surface area contributed by atoms with Crippen molar-refractivity contribution in [1.82, 2.24) is 19.8 Å². The molecule has 1 N–H and O–H groups in total. The normalized spacial score (nSPS) is 14.3. The van der Waals surface area contributed by atoms with Crippen LogP contribution in [0.5, 0.6) is 0 Å². The largest absolute Gasteiger partial charge is 0.346 e. The van der Waals surface area contributed by atoms with Gasteiger partial charge >= 0.3 is 0 Å². The zero-order valence-electron chi connectivity index (χ0n) is 20.0. The van der Waals surface area contributed by atoms with Crippen molar-refractivity contribution in [2.24, 2.45) is 0 Å². The second kappa shape index (κ2) is 10.1. The molecule has 3 aromatic carbocycles. The van der Waals surface area contributed by atoms with Crippen molar-refractivity contribution in [2.45, 2.75) is 38.8 Å². The zero-order chi connectivity index (χ0) is 24.2. The van der Waals surface area contributed by atoms with Crippen LogP contribution in [0.2, 0.25) is 0 Å². The first-order valence-corrected chi connectivity index (χ1v) is 12.2. The number of nitrogens with zero attached hydrogens (tertiary/aromatic N) is 3. The first-order chi connectivity index (χ1) is 17.1. The van der Waals surface area contributed by atoms with E-state index in [1.54, 1.807) is 0 Å². The van der Waals surface area contributed by atoms with Crippen LogP contribution in [0.15, 0.2) is 78.9 Å². The molecule has 1 aromatic heterocycles. The summed E-state index contributed by atoms with van der Waals surface area (Å²) in [6.07, 6.45) is 2.40. The number of fused-ring (bicyclic) bond motifs is 1. The second-order valence-electron chi connectivity index (χ2n) is 9.16. The molecule has 0 bridgehead atoms. The van der Waals surface area contributed by atoms with E-state index in [9.17, 15) is 9.59 Å². The van der Waals surface area contributed by atoms with Gasteiger partial charge in [0, 0.05) is 13.1 Å². The molecule has 6 nitrogen and oxygen atoms in total. The number of carbonyl (C=O) groups is 2. The molecule has 178 valence electrons. The van der Waals surface area contributed by atoms with Crippen LogP contribution >= 0.6 is 0 Å². The predicted molar refractivity (Wildman–Crippen MR) is 138 cm³/mol. The lowest BCUT2D eigenvalue weighted by Gasteiger charge is -2.19. The van der Waals surface area contributed by atoms with Crippen molar-refractivity contribution < 1.29 is 9.59 Å². The molecule has 1 atom stereocenters. The van der Waals surface area contributed by atoms with Gasteiger partial charge < -0.3 is 14.8 Å². The molecule has 0 aliphatic carbocycles. The number of hydrogen-bond acceptors (Lipinski definition) is 3. The molecule has 0 radical (unpaired) electrons. The Kier molecular flexibility index (Phi) is 6.62. The maximum absolute atomic E-state index is 12.9. The highest BCUT2D eigenvalue weighted by molar-refractivity contribution is 5.82. The average molecular weight is 467 g/mol. The number of nitrogens with one attached hydrogen (secondary N) is 1. The Morgan fingerprint density at radius 1 is 0.886 bits per heavy atom. The van der Waals surface area contributed by atoms with Crippen LogP contribution in [0.1, 0.15) is 37.2 Å². The van der Waals surface area contributed by atoms with Gasteiger partial charge in [0.25, 0.3) is 0 Å². The average Bonchev–Trinajstić information content (AvgIpc) is 3.54. The fourth-order valence-corrected chi connectivity index (χ4v) is 4.78. The van der Waals surface area contributed by atoms with E-state index in [2.05, 4.69) is 17.4 Å². The van der Waals surface area contributed by atoms with Gasteiger partial charge in [-0.2, -0.15) is 0 Å². The standard InChI is InChI=1S/C29H30N4O2/c1-21(30-27(34)19-22-13-15-24(16-14-22)23-9-3-2-4-10-23)29-31-25-11-5-6-12-26(25)33(29)20-28(35)32-17-7-8-18-32/h2-6,9-16,21H,7-8,17-20H2,1H3,(H,30,34). The van der Waals surface area contributed by atoms with E-state index >= 15 is 0 Å². The number of para-hydroxylation sites is 2. The minimum atomic E-state index is -0.329. The highest BCUT2D eigenvalue weighted by atomic mass is 16.2. The lowest BCUT2D eigenvalue weighted by molar-refractivity contribution is -0.130. The molecule has 35 heavy (non-hydrogen) atoms. The summed E-state index contributed by atoms with van der Waals surface area (Å²) in [5.74, 6) is 0.727. The molecule has 0 saturated carbocycles. The summed E-state index contributed by atoms with van der Waals surface area (Å²) >= 11 is 0. The third-order valence-electron chi connectivity index (χ3n) is 6.63. The number of benzene rings is 3. The quantitative estimate of drug-likeness (QED) is 0.428. The van der Waals surface area contributed by atoms with Gasteiger partial charge in [0.2, 0.25) is 11.8 Å². The van der Waals surface area contributed by atoms with Crippen molar-refractivity contribution in [3.05, 3.63) is 90.3 Å². The molecule has 6 heteroatoms. The van der Waals surface area contributed by atoms with E-state index < -0.39 is 0 Å². The van der Waals surface area contributed by atoms with Crippen molar-refractivity contribution in [2.75, 3.05) is 13.1 Å². The predicted octanol–water partition coefficient (Wildman–Crippen LogP) is 4.75. The van der Waals surface area contributed by atoms with Crippen molar-refractivity contribution in [1.29, 1.82) is 0 Å². The Bertz CT molecular complexity index is 1320. The molecular weight excluding hydrogens is 436 g/mol. The summed E-state index contributed by atoms with van der Waals surface area (Å²) in [4.78, 5) is 32.5. The molecule has 1 aliphatic heterocycles. The Balaban J connectivity index is 1.29. The third kappa shape index (κ3) is 5.11. The summed E-state index contributed by atoms with van der Waals surface area (Å²) < 4.78 is 1.95. The lowest BCUT2D eigenvalue weighted by Crippen LogP contribution is -2.34. The SMILES string of the molecule is CC(NC(=O)Cc1ccc(-c2ccccc2)cc1)c1nc2ccccc2n1CC(=O)N1CCCC1. The van der Waals surface area contributed by atoms with Gasteiger partial charge in [-0.15, -0.1) is 0 Å². The number of rotatable bonds is 7. The number of carbonyl (C=O) groups excluding carboxylic acids is 2. The Morgan fingerprint density at radius 2 is 1.54 bits per heavy atom. The van der Waals surface area contributed by atoms with Crippen LogP contribution in [0, 0.1) is 0 Å². The molecule has 0 spiro atoms. The van der Waals surface area contributed by atoms with Gasteiger partial charge in [-0.05, 0) is 48.6 Å². The lowest BCUT2D eigenvalue weighted by atomic mass is 10.0. The maximum Gasteiger partial charge on any atom is 0.242 e. The molecule has 1 unspecified atom stereocenters. The topological polar surface area (TPSA) is 67.2 Å².